The van der Waals surface area contributed by atoms with Crippen LogP contribution in [0.5, 0.6) is 0 Å². The predicted molar refractivity (Wildman–Crippen MR) is 66.8 cm³/mol. The van der Waals surface area contributed by atoms with E-state index < -0.39 is 23.3 Å². The molecular formula is C13H17NO4. The molecule has 1 amide bonds. The molecule has 0 aliphatic rings. The van der Waals surface area contributed by atoms with Gasteiger partial charge in [0.2, 0.25) is 5.91 Å². The zero-order valence-electron chi connectivity index (χ0n) is 10.6. The van der Waals surface area contributed by atoms with E-state index in [1.165, 1.54) is 18.4 Å². The van der Waals surface area contributed by atoms with Crippen LogP contribution in [0.2, 0.25) is 0 Å². The van der Waals surface area contributed by atoms with Gasteiger partial charge < -0.3 is 14.8 Å². The van der Waals surface area contributed by atoms with Gasteiger partial charge in [-0.25, -0.2) is 4.79 Å². The van der Waals surface area contributed by atoms with Crippen LogP contribution in [0.1, 0.15) is 26.5 Å². The molecule has 0 aliphatic carbocycles. The summed E-state index contributed by atoms with van der Waals surface area (Å²) in [6.07, 6.45) is 4.23. The number of hydrogen-bond donors (Lipinski definition) is 2. The van der Waals surface area contributed by atoms with Crippen LogP contribution in [0, 0.1) is 5.41 Å². The van der Waals surface area contributed by atoms with Crippen molar-refractivity contribution < 1.29 is 19.1 Å². The Morgan fingerprint density at radius 2 is 2.11 bits per heavy atom. The molecule has 0 aromatic carbocycles. The maximum Gasteiger partial charge on any atom is 0.326 e. The minimum Gasteiger partial charge on any atom is -0.480 e. The molecule has 0 fully saturated rings. The Labute approximate surface area is 105 Å². The highest BCUT2D eigenvalue weighted by Gasteiger charge is 2.31. The molecule has 0 saturated carbocycles. The van der Waals surface area contributed by atoms with E-state index in [1.54, 1.807) is 32.9 Å². The average Bonchev–Trinajstić information content (AvgIpc) is 2.73. The van der Waals surface area contributed by atoms with Crippen LogP contribution in [0.3, 0.4) is 0 Å². The number of carboxylic acids is 1. The lowest BCUT2D eigenvalue weighted by Gasteiger charge is -2.27. The van der Waals surface area contributed by atoms with Gasteiger partial charge in [0.1, 0.15) is 11.8 Å². The molecule has 1 atom stereocenters. The summed E-state index contributed by atoms with van der Waals surface area (Å²) in [5.41, 5.74) is -0.556. The van der Waals surface area contributed by atoms with Gasteiger partial charge in [0.05, 0.1) is 6.26 Å². The van der Waals surface area contributed by atoms with E-state index in [2.05, 4.69) is 5.32 Å². The number of rotatable bonds is 4. The van der Waals surface area contributed by atoms with Gasteiger partial charge in [-0.1, -0.05) is 20.8 Å². The number of furan rings is 1. The van der Waals surface area contributed by atoms with Gasteiger partial charge in [-0.2, -0.15) is 0 Å². The summed E-state index contributed by atoms with van der Waals surface area (Å²) in [7, 11) is 0. The van der Waals surface area contributed by atoms with Crippen molar-refractivity contribution >= 4 is 18.0 Å². The summed E-state index contributed by atoms with van der Waals surface area (Å²) in [4.78, 5) is 22.7. The fourth-order valence-corrected chi connectivity index (χ4v) is 1.38. The van der Waals surface area contributed by atoms with Gasteiger partial charge >= 0.3 is 5.97 Å². The Kier molecular flexibility index (Phi) is 4.31. The largest absolute Gasteiger partial charge is 0.480 e. The van der Waals surface area contributed by atoms with Gasteiger partial charge in [0.25, 0.3) is 0 Å². The van der Waals surface area contributed by atoms with E-state index in [1.807, 2.05) is 0 Å². The second kappa shape index (κ2) is 5.53. The lowest BCUT2D eigenvalue weighted by molar-refractivity contribution is -0.144. The zero-order valence-corrected chi connectivity index (χ0v) is 10.6. The first-order chi connectivity index (χ1) is 8.30. The average molecular weight is 251 g/mol. The number of nitrogens with one attached hydrogen (secondary N) is 1. The number of hydrogen-bond acceptors (Lipinski definition) is 3. The van der Waals surface area contributed by atoms with E-state index >= 15 is 0 Å². The molecule has 0 spiro atoms. The Morgan fingerprint density at radius 3 is 2.56 bits per heavy atom. The van der Waals surface area contributed by atoms with Crippen molar-refractivity contribution in [3.8, 4) is 0 Å². The Hall–Kier alpha value is -2.04. The Bertz CT molecular complexity index is 440. The minimum atomic E-state index is -1.05. The van der Waals surface area contributed by atoms with Crippen LogP contribution in [0.15, 0.2) is 28.9 Å². The van der Waals surface area contributed by atoms with Crippen molar-refractivity contribution in [2.24, 2.45) is 5.41 Å². The van der Waals surface area contributed by atoms with Crippen molar-refractivity contribution in [1.82, 2.24) is 5.32 Å². The molecular weight excluding hydrogens is 234 g/mol. The summed E-state index contributed by atoms with van der Waals surface area (Å²) < 4.78 is 5.02. The molecule has 2 N–H and O–H groups in total. The van der Waals surface area contributed by atoms with E-state index in [-0.39, 0.29) is 0 Å². The summed E-state index contributed by atoms with van der Waals surface area (Å²) >= 11 is 0. The van der Waals surface area contributed by atoms with Crippen molar-refractivity contribution in [2.75, 3.05) is 0 Å². The second-order valence-corrected chi connectivity index (χ2v) is 4.99. The summed E-state index contributed by atoms with van der Waals surface area (Å²) in [6.45, 7) is 5.26. The smallest absolute Gasteiger partial charge is 0.326 e. The lowest BCUT2D eigenvalue weighted by atomic mass is 9.87. The van der Waals surface area contributed by atoms with Crippen molar-refractivity contribution in [3.05, 3.63) is 30.2 Å². The monoisotopic (exact) mass is 251 g/mol. The van der Waals surface area contributed by atoms with E-state index in [0.717, 1.165) is 0 Å². The van der Waals surface area contributed by atoms with E-state index in [9.17, 15) is 9.59 Å². The number of aliphatic carboxylic acids is 1. The number of carboxylic acid groups (broad SMARTS) is 1. The molecule has 1 rings (SSSR count). The summed E-state index contributed by atoms with van der Waals surface area (Å²) in [6, 6.07) is 2.46. The first-order valence-corrected chi connectivity index (χ1v) is 5.55. The van der Waals surface area contributed by atoms with Crippen molar-refractivity contribution in [2.45, 2.75) is 26.8 Å². The number of carbonyl (C=O) groups is 2. The molecule has 18 heavy (non-hydrogen) atoms. The maximum absolute atomic E-state index is 11.6. The van der Waals surface area contributed by atoms with Gasteiger partial charge in [0, 0.05) is 6.08 Å². The Morgan fingerprint density at radius 1 is 1.44 bits per heavy atom. The molecule has 0 bridgehead atoms. The van der Waals surface area contributed by atoms with Crippen LogP contribution in [0.25, 0.3) is 6.08 Å². The number of carbonyl (C=O) groups excluding carboxylic acids is 1. The molecule has 1 aromatic heterocycles. The standard InChI is InChI=1S/C13H17NO4/c1-13(2,3)11(12(16)17)14-10(15)7-6-9-5-4-8-18-9/h4-8,11H,1-3H3,(H,14,15)(H,16,17)/b7-6+/t11-/m1/s1. The third-order valence-corrected chi connectivity index (χ3v) is 2.34. The lowest BCUT2D eigenvalue weighted by Crippen LogP contribution is -2.48. The SMILES string of the molecule is CC(C)(C)[C@H](NC(=O)/C=C/c1ccco1)C(=O)O. The first kappa shape index (κ1) is 14.0. The third-order valence-electron chi connectivity index (χ3n) is 2.34. The van der Waals surface area contributed by atoms with Crippen molar-refractivity contribution in [3.63, 3.8) is 0 Å². The predicted octanol–water partition coefficient (Wildman–Crippen LogP) is 1.91. The third kappa shape index (κ3) is 4.08. The zero-order chi connectivity index (χ0) is 13.8. The first-order valence-electron chi connectivity index (χ1n) is 5.55. The van der Waals surface area contributed by atoms with Crippen molar-refractivity contribution in [1.29, 1.82) is 0 Å². The normalized spacial score (nSPS) is 13.5. The fraction of sp³-hybridized carbons (Fsp3) is 0.385. The molecule has 5 heteroatoms. The second-order valence-electron chi connectivity index (χ2n) is 4.99. The molecule has 5 nitrogen and oxygen atoms in total. The quantitative estimate of drug-likeness (QED) is 0.801. The molecule has 98 valence electrons. The highest BCUT2D eigenvalue weighted by molar-refractivity contribution is 5.94. The maximum atomic E-state index is 11.6. The summed E-state index contributed by atoms with van der Waals surface area (Å²) in [5, 5.41) is 11.5. The molecule has 1 heterocycles. The van der Waals surface area contributed by atoms with Gasteiger partial charge in [-0.3, -0.25) is 4.79 Å². The molecule has 1 aromatic rings. The fourth-order valence-electron chi connectivity index (χ4n) is 1.38. The van der Waals surface area contributed by atoms with Crippen LogP contribution < -0.4 is 5.32 Å². The Balaban J connectivity index is 2.66. The van der Waals surface area contributed by atoms with Crippen LogP contribution >= 0.6 is 0 Å². The minimum absolute atomic E-state index is 0.464. The summed E-state index contributed by atoms with van der Waals surface area (Å²) in [5.74, 6) is -0.983. The van der Waals surface area contributed by atoms with E-state index in [0.29, 0.717) is 5.76 Å². The van der Waals surface area contributed by atoms with Gasteiger partial charge in [-0.05, 0) is 23.6 Å². The topological polar surface area (TPSA) is 79.5 Å². The van der Waals surface area contributed by atoms with Crippen LogP contribution in [-0.4, -0.2) is 23.0 Å². The highest BCUT2D eigenvalue weighted by Crippen LogP contribution is 2.19. The molecule has 0 aliphatic heterocycles. The van der Waals surface area contributed by atoms with Gasteiger partial charge in [-0.15, -0.1) is 0 Å². The van der Waals surface area contributed by atoms with Crippen LogP contribution in [-0.2, 0) is 9.59 Å². The molecule has 0 saturated heterocycles. The number of amides is 1. The molecule has 0 unspecified atom stereocenters. The van der Waals surface area contributed by atoms with Gasteiger partial charge in [0.15, 0.2) is 0 Å². The molecule has 0 radical (unpaired) electrons. The highest BCUT2D eigenvalue weighted by atomic mass is 16.4. The van der Waals surface area contributed by atoms with Crippen LogP contribution in [0.4, 0.5) is 0 Å². The van der Waals surface area contributed by atoms with E-state index in [4.69, 9.17) is 9.52 Å².